The third kappa shape index (κ3) is 6.20. The molecule has 1 fully saturated rings. The SMILES string of the molecule is O=C(NCc1ccccc1)[C@@H]1CCCN1C(=O)C[C@@H](c1ccccc1)P(c1ccccc1)c1ccccc1. The summed E-state index contributed by atoms with van der Waals surface area (Å²) in [6.45, 7) is 1.09. The van der Waals surface area contributed by atoms with Crippen molar-refractivity contribution in [2.75, 3.05) is 6.54 Å². The van der Waals surface area contributed by atoms with Crippen molar-refractivity contribution in [2.24, 2.45) is 0 Å². The number of rotatable bonds is 9. The number of carbonyl (C=O) groups excluding carboxylic acids is 2. The summed E-state index contributed by atoms with van der Waals surface area (Å²) in [5.41, 5.74) is 2.21. The maximum atomic E-state index is 13.9. The van der Waals surface area contributed by atoms with E-state index in [2.05, 4.69) is 66.0 Å². The molecule has 1 saturated heterocycles. The molecular formula is C33H33N2O2P. The average molecular weight is 521 g/mol. The molecule has 1 aliphatic heterocycles. The van der Waals surface area contributed by atoms with Gasteiger partial charge >= 0.3 is 0 Å². The topological polar surface area (TPSA) is 49.4 Å². The molecule has 192 valence electrons. The lowest BCUT2D eigenvalue weighted by molar-refractivity contribution is -0.138. The van der Waals surface area contributed by atoms with Crippen LogP contribution in [-0.4, -0.2) is 29.3 Å². The van der Waals surface area contributed by atoms with E-state index in [4.69, 9.17) is 0 Å². The van der Waals surface area contributed by atoms with Gasteiger partial charge in [-0.1, -0.05) is 121 Å². The van der Waals surface area contributed by atoms with Crippen molar-refractivity contribution >= 4 is 30.3 Å². The number of nitrogens with one attached hydrogen (secondary N) is 1. The Hall–Kier alpha value is -3.75. The summed E-state index contributed by atoms with van der Waals surface area (Å²) in [4.78, 5) is 28.9. The lowest BCUT2D eigenvalue weighted by atomic mass is 10.1. The lowest BCUT2D eigenvalue weighted by Gasteiger charge is -2.31. The normalized spacial score (nSPS) is 15.8. The summed E-state index contributed by atoms with van der Waals surface area (Å²) in [5, 5.41) is 5.55. The summed E-state index contributed by atoms with van der Waals surface area (Å²) in [7, 11) is -0.852. The average Bonchev–Trinajstić information content (AvgIpc) is 3.48. The van der Waals surface area contributed by atoms with E-state index >= 15 is 0 Å². The van der Waals surface area contributed by atoms with E-state index in [1.807, 2.05) is 65.6 Å². The fourth-order valence-electron chi connectivity index (χ4n) is 5.24. The van der Waals surface area contributed by atoms with Gasteiger partial charge in [0.25, 0.3) is 0 Å². The molecule has 0 radical (unpaired) electrons. The molecule has 5 rings (SSSR count). The van der Waals surface area contributed by atoms with Crippen LogP contribution in [0.1, 0.15) is 36.0 Å². The molecule has 1 aliphatic rings. The standard InChI is InChI=1S/C33H33N2O2P/c36-32(35-23-13-22-30(35)33(37)34-25-26-14-5-1-6-15-26)24-31(27-16-7-2-8-17-27)38(28-18-9-3-10-19-28)29-20-11-4-12-21-29/h1-12,14-21,30-31H,13,22-25H2,(H,34,37)/t30-,31-/m0/s1. The Morgan fingerprint density at radius 1 is 0.763 bits per heavy atom. The molecule has 2 atom stereocenters. The van der Waals surface area contributed by atoms with E-state index in [1.165, 1.54) is 10.6 Å². The van der Waals surface area contributed by atoms with Crippen LogP contribution in [0.15, 0.2) is 121 Å². The van der Waals surface area contributed by atoms with Crippen LogP contribution in [0.3, 0.4) is 0 Å². The first-order valence-electron chi connectivity index (χ1n) is 13.3. The monoisotopic (exact) mass is 520 g/mol. The molecule has 1 heterocycles. The lowest BCUT2D eigenvalue weighted by Crippen LogP contribution is -2.46. The zero-order chi connectivity index (χ0) is 26.2. The third-order valence-electron chi connectivity index (χ3n) is 7.12. The Labute approximate surface area is 226 Å². The minimum Gasteiger partial charge on any atom is -0.350 e. The quantitative estimate of drug-likeness (QED) is 0.294. The highest BCUT2D eigenvalue weighted by atomic mass is 31.1. The number of likely N-dealkylation sites (tertiary alicyclic amines) is 1. The van der Waals surface area contributed by atoms with Gasteiger partial charge in [0.1, 0.15) is 6.04 Å². The highest BCUT2D eigenvalue weighted by Gasteiger charge is 2.37. The predicted molar refractivity (Wildman–Crippen MR) is 156 cm³/mol. The molecule has 4 aromatic rings. The Kier molecular flexibility index (Phi) is 8.63. The number of nitrogens with zero attached hydrogens (tertiary/aromatic N) is 1. The van der Waals surface area contributed by atoms with Crippen LogP contribution in [0.2, 0.25) is 0 Å². The summed E-state index contributed by atoms with van der Waals surface area (Å²) in [6, 6.07) is 40.9. The Morgan fingerprint density at radius 3 is 1.87 bits per heavy atom. The second kappa shape index (κ2) is 12.7. The second-order valence-electron chi connectivity index (χ2n) is 9.62. The van der Waals surface area contributed by atoms with Crippen LogP contribution >= 0.6 is 7.92 Å². The maximum absolute atomic E-state index is 13.9. The Bertz CT molecular complexity index is 1280. The van der Waals surface area contributed by atoms with Crippen molar-refractivity contribution in [1.29, 1.82) is 0 Å². The molecule has 0 spiro atoms. The van der Waals surface area contributed by atoms with E-state index in [-0.39, 0.29) is 17.5 Å². The van der Waals surface area contributed by atoms with Gasteiger partial charge in [-0.25, -0.2) is 0 Å². The van der Waals surface area contributed by atoms with Gasteiger partial charge in [0.15, 0.2) is 0 Å². The molecule has 0 saturated carbocycles. The van der Waals surface area contributed by atoms with Crippen molar-refractivity contribution in [3.8, 4) is 0 Å². The van der Waals surface area contributed by atoms with Gasteiger partial charge < -0.3 is 10.2 Å². The first-order chi connectivity index (χ1) is 18.7. The van der Waals surface area contributed by atoms with E-state index < -0.39 is 14.0 Å². The van der Waals surface area contributed by atoms with Crippen molar-refractivity contribution in [3.05, 3.63) is 132 Å². The van der Waals surface area contributed by atoms with Crippen LogP contribution in [0.25, 0.3) is 0 Å². The van der Waals surface area contributed by atoms with Crippen LogP contribution in [0.4, 0.5) is 0 Å². The van der Waals surface area contributed by atoms with E-state index in [0.29, 0.717) is 25.9 Å². The fourth-order valence-corrected chi connectivity index (χ4v) is 8.06. The van der Waals surface area contributed by atoms with E-state index in [0.717, 1.165) is 17.5 Å². The minimum absolute atomic E-state index is 0.00266. The van der Waals surface area contributed by atoms with Gasteiger partial charge in [-0.15, -0.1) is 0 Å². The predicted octanol–water partition coefficient (Wildman–Crippen LogP) is 5.56. The molecule has 0 aromatic heterocycles. The van der Waals surface area contributed by atoms with Gasteiger partial charge in [0.2, 0.25) is 11.8 Å². The first-order valence-corrected chi connectivity index (χ1v) is 14.7. The summed E-state index contributed by atoms with van der Waals surface area (Å²) < 4.78 is 0. The van der Waals surface area contributed by atoms with Gasteiger partial charge in [-0.05, 0) is 42.5 Å². The number of benzene rings is 4. The minimum atomic E-state index is -0.852. The van der Waals surface area contributed by atoms with Crippen LogP contribution in [0.5, 0.6) is 0 Å². The molecule has 5 heteroatoms. The van der Waals surface area contributed by atoms with Crippen molar-refractivity contribution in [3.63, 3.8) is 0 Å². The number of carbonyl (C=O) groups is 2. The number of hydrogen-bond acceptors (Lipinski definition) is 2. The van der Waals surface area contributed by atoms with Gasteiger partial charge in [-0.2, -0.15) is 0 Å². The zero-order valence-electron chi connectivity index (χ0n) is 21.4. The molecule has 0 unspecified atom stereocenters. The maximum Gasteiger partial charge on any atom is 0.243 e. The van der Waals surface area contributed by atoms with Crippen LogP contribution in [0, 0.1) is 0 Å². The summed E-state index contributed by atoms with van der Waals surface area (Å²) >= 11 is 0. The second-order valence-corrected chi connectivity index (χ2v) is 12.0. The molecule has 0 bridgehead atoms. The Morgan fingerprint density at radius 2 is 1.29 bits per heavy atom. The number of hydrogen-bond donors (Lipinski definition) is 1. The Balaban J connectivity index is 1.40. The number of amides is 2. The van der Waals surface area contributed by atoms with Crippen LogP contribution in [-0.2, 0) is 16.1 Å². The first kappa shape index (κ1) is 25.9. The molecule has 38 heavy (non-hydrogen) atoms. The molecular weight excluding hydrogens is 487 g/mol. The summed E-state index contributed by atoms with van der Waals surface area (Å²) in [6.07, 6.45) is 1.91. The molecule has 0 aliphatic carbocycles. The fraction of sp³-hybridized carbons (Fsp3) is 0.212. The van der Waals surface area contributed by atoms with Crippen molar-refractivity contribution in [2.45, 2.75) is 37.5 Å². The largest absolute Gasteiger partial charge is 0.350 e. The molecule has 1 N–H and O–H groups in total. The van der Waals surface area contributed by atoms with E-state index in [9.17, 15) is 9.59 Å². The van der Waals surface area contributed by atoms with Gasteiger partial charge in [0.05, 0.1) is 0 Å². The van der Waals surface area contributed by atoms with Crippen molar-refractivity contribution in [1.82, 2.24) is 10.2 Å². The summed E-state index contributed by atoms with van der Waals surface area (Å²) in [5.74, 6) is -0.0140. The molecule has 4 nitrogen and oxygen atoms in total. The highest BCUT2D eigenvalue weighted by Crippen LogP contribution is 2.51. The van der Waals surface area contributed by atoms with E-state index in [1.54, 1.807) is 0 Å². The van der Waals surface area contributed by atoms with Crippen molar-refractivity contribution < 1.29 is 9.59 Å². The zero-order valence-corrected chi connectivity index (χ0v) is 22.3. The van der Waals surface area contributed by atoms with Gasteiger partial charge in [-0.3, -0.25) is 9.59 Å². The highest BCUT2D eigenvalue weighted by molar-refractivity contribution is 7.73. The molecule has 2 amide bonds. The third-order valence-corrected chi connectivity index (χ3v) is 9.93. The van der Waals surface area contributed by atoms with Crippen LogP contribution < -0.4 is 15.9 Å². The van der Waals surface area contributed by atoms with Gasteiger partial charge in [0, 0.05) is 25.2 Å². The smallest absolute Gasteiger partial charge is 0.243 e. The molecule has 4 aromatic carbocycles.